The van der Waals surface area contributed by atoms with Gasteiger partial charge >= 0.3 is 5.97 Å². The molecule has 12 heavy (non-hydrogen) atoms. The Labute approximate surface area is 66.1 Å². The first-order chi connectivity index (χ1) is 5.65. The number of rotatable bonds is 2. The zero-order valence-electron chi connectivity index (χ0n) is 5.76. The molecule has 0 aromatic carbocycles. The average molecular weight is 171 g/mol. The van der Waals surface area contributed by atoms with Crippen LogP contribution in [0.25, 0.3) is 0 Å². The minimum Gasteiger partial charge on any atom is -0.476 e. The number of nitrogen functional groups attached to an aromatic ring is 1. The van der Waals surface area contributed by atoms with Crippen molar-refractivity contribution in [3.05, 3.63) is 11.8 Å². The number of hydrogen-bond acceptors (Lipinski definition) is 6. The summed E-state index contributed by atoms with van der Waals surface area (Å²) in [6.07, 6.45) is 0. The Kier molecular flexibility index (Phi) is 1.95. The summed E-state index contributed by atoms with van der Waals surface area (Å²) in [5, 5.41) is 22.4. The fourth-order valence-corrected chi connectivity index (χ4v) is 0.598. The predicted molar refractivity (Wildman–Crippen MR) is 36.9 cm³/mol. The van der Waals surface area contributed by atoms with Crippen LogP contribution in [0.5, 0.6) is 0 Å². The van der Waals surface area contributed by atoms with Crippen LogP contribution in [0.2, 0.25) is 0 Å². The SMILES string of the molecule is Nc1cc(/C(=N/O)C(=O)O)on1. The van der Waals surface area contributed by atoms with Gasteiger partial charge in [-0.25, -0.2) is 4.79 Å². The van der Waals surface area contributed by atoms with E-state index in [1.165, 1.54) is 0 Å². The third-order valence-electron chi connectivity index (χ3n) is 1.06. The summed E-state index contributed by atoms with van der Waals surface area (Å²) < 4.78 is 4.43. The highest BCUT2D eigenvalue weighted by atomic mass is 16.5. The van der Waals surface area contributed by atoms with E-state index in [4.69, 9.17) is 16.0 Å². The monoisotopic (exact) mass is 171 g/mol. The molecule has 0 saturated heterocycles. The summed E-state index contributed by atoms with van der Waals surface area (Å²) in [6.45, 7) is 0. The lowest BCUT2D eigenvalue weighted by Gasteiger charge is -1.89. The number of nitrogens with zero attached hydrogens (tertiary/aromatic N) is 2. The Hall–Kier alpha value is -2.05. The van der Waals surface area contributed by atoms with E-state index in [2.05, 4.69) is 14.8 Å². The lowest BCUT2D eigenvalue weighted by Crippen LogP contribution is -2.13. The summed E-state index contributed by atoms with van der Waals surface area (Å²) in [5.41, 5.74) is 4.50. The number of carboxylic acids is 1. The second kappa shape index (κ2) is 2.91. The third-order valence-corrected chi connectivity index (χ3v) is 1.06. The summed E-state index contributed by atoms with van der Waals surface area (Å²) in [6, 6.07) is 1.14. The Morgan fingerprint density at radius 1 is 1.75 bits per heavy atom. The van der Waals surface area contributed by atoms with Crippen LogP contribution in [0.15, 0.2) is 15.7 Å². The molecule has 0 fully saturated rings. The molecule has 7 nitrogen and oxygen atoms in total. The fourth-order valence-electron chi connectivity index (χ4n) is 0.598. The molecule has 0 aliphatic carbocycles. The van der Waals surface area contributed by atoms with Gasteiger partial charge in [-0.05, 0) is 0 Å². The highest BCUT2D eigenvalue weighted by molar-refractivity contribution is 6.41. The van der Waals surface area contributed by atoms with Gasteiger partial charge in [-0.15, -0.1) is 0 Å². The molecule has 0 atom stereocenters. The van der Waals surface area contributed by atoms with Crippen LogP contribution in [-0.4, -0.2) is 27.2 Å². The maximum atomic E-state index is 10.3. The maximum Gasteiger partial charge on any atom is 0.362 e. The van der Waals surface area contributed by atoms with E-state index in [-0.39, 0.29) is 11.6 Å². The molecule has 1 aromatic heterocycles. The zero-order chi connectivity index (χ0) is 9.14. The number of carbonyl (C=O) groups is 1. The molecule has 1 rings (SSSR count). The first-order valence-electron chi connectivity index (χ1n) is 2.83. The van der Waals surface area contributed by atoms with Crippen LogP contribution in [0, 0.1) is 0 Å². The third kappa shape index (κ3) is 1.34. The molecule has 1 aromatic rings. The lowest BCUT2D eigenvalue weighted by molar-refractivity contribution is -0.129. The number of anilines is 1. The van der Waals surface area contributed by atoms with E-state index in [1.807, 2.05) is 0 Å². The number of nitrogens with two attached hydrogens (primary N) is 1. The first-order valence-corrected chi connectivity index (χ1v) is 2.83. The predicted octanol–water partition coefficient (Wildman–Crippen LogP) is -0.480. The van der Waals surface area contributed by atoms with Crippen molar-refractivity contribution in [2.45, 2.75) is 0 Å². The first kappa shape index (κ1) is 8.05. The van der Waals surface area contributed by atoms with Crippen molar-refractivity contribution < 1.29 is 19.6 Å². The van der Waals surface area contributed by atoms with Gasteiger partial charge in [0.15, 0.2) is 11.6 Å². The molecule has 4 N–H and O–H groups in total. The topological polar surface area (TPSA) is 122 Å². The molecule has 0 aliphatic heterocycles. The Bertz CT molecular complexity index is 329. The number of carboxylic acid groups (broad SMARTS) is 1. The molecule has 0 spiro atoms. The molecule has 0 amide bonds. The molecule has 0 radical (unpaired) electrons. The van der Waals surface area contributed by atoms with Crippen LogP contribution in [0.3, 0.4) is 0 Å². The lowest BCUT2D eigenvalue weighted by atomic mass is 10.3. The largest absolute Gasteiger partial charge is 0.476 e. The van der Waals surface area contributed by atoms with Crippen LogP contribution in [0.1, 0.15) is 5.76 Å². The molecule has 64 valence electrons. The molecular formula is C5H5N3O4. The maximum absolute atomic E-state index is 10.3. The number of aromatic nitrogens is 1. The standard InChI is InChI=1S/C5H5N3O4/c6-3-1-2(12-8-3)4(7-11)5(9)10/h1,11H,(H2,6,8)(H,9,10)/b7-4-. The molecule has 0 unspecified atom stereocenters. The van der Waals surface area contributed by atoms with Gasteiger partial charge in [0.2, 0.25) is 5.71 Å². The van der Waals surface area contributed by atoms with E-state index in [0.717, 1.165) is 6.07 Å². The van der Waals surface area contributed by atoms with Crippen molar-refractivity contribution in [3.63, 3.8) is 0 Å². The van der Waals surface area contributed by atoms with E-state index < -0.39 is 11.7 Å². The van der Waals surface area contributed by atoms with Crippen molar-refractivity contribution in [3.8, 4) is 0 Å². The van der Waals surface area contributed by atoms with E-state index in [1.54, 1.807) is 0 Å². The van der Waals surface area contributed by atoms with E-state index in [0.29, 0.717) is 0 Å². The van der Waals surface area contributed by atoms with Gasteiger partial charge in [0.1, 0.15) is 0 Å². The quantitative estimate of drug-likeness (QED) is 0.314. The van der Waals surface area contributed by atoms with Crippen molar-refractivity contribution in [2.24, 2.45) is 5.16 Å². The molecule has 0 aliphatic rings. The Balaban J connectivity index is 3.04. The molecule has 7 heteroatoms. The molecular weight excluding hydrogens is 166 g/mol. The summed E-state index contributed by atoms with van der Waals surface area (Å²) in [7, 11) is 0. The minimum absolute atomic E-state index is 0.0207. The van der Waals surface area contributed by atoms with Crippen molar-refractivity contribution in [1.29, 1.82) is 0 Å². The highest BCUT2D eigenvalue weighted by Crippen LogP contribution is 2.05. The van der Waals surface area contributed by atoms with Crippen LogP contribution in [-0.2, 0) is 4.79 Å². The normalized spacial score (nSPS) is 11.5. The molecule has 0 saturated carbocycles. The smallest absolute Gasteiger partial charge is 0.362 e. The van der Waals surface area contributed by atoms with Gasteiger partial charge in [-0.2, -0.15) is 0 Å². The second-order valence-corrected chi connectivity index (χ2v) is 1.87. The van der Waals surface area contributed by atoms with Gasteiger partial charge in [-0.3, -0.25) is 0 Å². The summed E-state index contributed by atoms with van der Waals surface area (Å²) >= 11 is 0. The minimum atomic E-state index is -1.42. The Morgan fingerprint density at radius 3 is 2.75 bits per heavy atom. The average Bonchev–Trinajstić information content (AvgIpc) is 2.37. The summed E-state index contributed by atoms with van der Waals surface area (Å²) in [4.78, 5) is 10.3. The number of aliphatic carboxylic acids is 1. The van der Waals surface area contributed by atoms with Crippen molar-refractivity contribution in [1.82, 2.24) is 5.16 Å². The van der Waals surface area contributed by atoms with Gasteiger partial charge in [0, 0.05) is 6.07 Å². The number of oxime groups is 1. The van der Waals surface area contributed by atoms with E-state index in [9.17, 15) is 4.79 Å². The zero-order valence-corrected chi connectivity index (χ0v) is 5.76. The van der Waals surface area contributed by atoms with Crippen LogP contribution in [0.4, 0.5) is 5.82 Å². The van der Waals surface area contributed by atoms with Crippen LogP contribution < -0.4 is 5.73 Å². The van der Waals surface area contributed by atoms with Crippen molar-refractivity contribution in [2.75, 3.05) is 5.73 Å². The van der Waals surface area contributed by atoms with Gasteiger partial charge in [0.05, 0.1) is 0 Å². The highest BCUT2D eigenvalue weighted by Gasteiger charge is 2.18. The van der Waals surface area contributed by atoms with Gasteiger partial charge in [0.25, 0.3) is 0 Å². The van der Waals surface area contributed by atoms with Crippen molar-refractivity contribution >= 4 is 17.5 Å². The fraction of sp³-hybridized carbons (Fsp3) is 0. The molecule has 0 bridgehead atoms. The van der Waals surface area contributed by atoms with Gasteiger partial charge in [-0.1, -0.05) is 10.3 Å². The number of hydrogen-bond donors (Lipinski definition) is 3. The van der Waals surface area contributed by atoms with E-state index >= 15 is 0 Å². The Morgan fingerprint density at radius 2 is 2.42 bits per heavy atom. The second-order valence-electron chi connectivity index (χ2n) is 1.87. The van der Waals surface area contributed by atoms with Gasteiger partial charge < -0.3 is 20.6 Å². The molecule has 1 heterocycles. The van der Waals surface area contributed by atoms with Crippen LogP contribution >= 0.6 is 0 Å². The summed E-state index contributed by atoms with van der Waals surface area (Å²) in [5.74, 6) is -1.59.